The van der Waals surface area contributed by atoms with Crippen molar-refractivity contribution in [3.63, 3.8) is 0 Å². The van der Waals surface area contributed by atoms with Crippen molar-refractivity contribution in [3.05, 3.63) is 0 Å². The topological polar surface area (TPSA) is 71.4 Å². The predicted octanol–water partition coefficient (Wildman–Crippen LogP) is 0.223. The molecule has 0 spiro atoms. The zero-order valence-electron chi connectivity index (χ0n) is 5.20. The van der Waals surface area contributed by atoms with E-state index in [1.165, 1.54) is 0 Å². The van der Waals surface area contributed by atoms with Gasteiger partial charge in [0.15, 0.2) is 0 Å². The first-order valence-electron chi connectivity index (χ1n) is 2.30. The van der Waals surface area contributed by atoms with E-state index in [9.17, 15) is 8.42 Å². The van der Waals surface area contributed by atoms with Gasteiger partial charge in [0.2, 0.25) is 0 Å². The molecule has 4 nitrogen and oxygen atoms in total. The van der Waals surface area contributed by atoms with Crippen LogP contribution >= 0.6 is 9.12 Å². The second kappa shape index (κ2) is 6.26. The molecule has 0 rings (SSSR count). The molecule has 0 radical (unpaired) electrons. The molecule has 0 saturated carbocycles. The summed E-state index contributed by atoms with van der Waals surface area (Å²) >= 11 is 0. The lowest BCUT2D eigenvalue weighted by molar-refractivity contribution is 0.482. The molecule has 1 atom stereocenters. The molecule has 1 N–H and O–H groups in total. The van der Waals surface area contributed by atoms with Gasteiger partial charge in [0.1, 0.15) is 0 Å². The first kappa shape index (κ1) is 11.9. The summed E-state index contributed by atoms with van der Waals surface area (Å²) in [6.07, 6.45) is 0.471. The Hall–Kier alpha value is 0.140. The third kappa shape index (κ3) is 17.9. The molecule has 0 saturated heterocycles. The Balaban J connectivity index is 0. The van der Waals surface area contributed by atoms with Crippen molar-refractivity contribution in [2.24, 2.45) is 0 Å². The van der Waals surface area contributed by atoms with Crippen molar-refractivity contribution >= 4 is 19.2 Å². The highest BCUT2D eigenvalue weighted by Crippen LogP contribution is 1.83. The van der Waals surface area contributed by atoms with Crippen LogP contribution in [0.3, 0.4) is 0 Å². The minimum atomic E-state index is -3.67. The molecular weight excluding hydrogens is 163 g/mol. The van der Waals surface area contributed by atoms with E-state index in [0.717, 1.165) is 0 Å². The van der Waals surface area contributed by atoms with Crippen LogP contribution in [0.5, 0.6) is 0 Å². The van der Waals surface area contributed by atoms with E-state index in [2.05, 4.69) is 0 Å². The van der Waals surface area contributed by atoms with Crippen molar-refractivity contribution in [2.75, 3.05) is 5.75 Å². The van der Waals surface area contributed by atoms with Gasteiger partial charge in [0, 0.05) is 0 Å². The van der Waals surface area contributed by atoms with Crippen molar-refractivity contribution in [2.45, 2.75) is 13.3 Å². The van der Waals surface area contributed by atoms with Crippen LogP contribution in [-0.4, -0.2) is 18.7 Å². The summed E-state index contributed by atoms with van der Waals surface area (Å²) in [5, 5.41) is 0. The van der Waals surface area contributed by atoms with E-state index in [1.54, 1.807) is 6.92 Å². The standard InChI is InChI=1S/C3H8O3S.H3OP/c1-2-3-7(4,5)6;1-2/h2-3H2,1H3,(H,4,5,6);2H3. The van der Waals surface area contributed by atoms with Gasteiger partial charge in [0.25, 0.3) is 10.1 Å². The predicted molar refractivity (Wildman–Crippen MR) is 38.5 cm³/mol. The van der Waals surface area contributed by atoms with E-state index < -0.39 is 10.1 Å². The van der Waals surface area contributed by atoms with Crippen LogP contribution in [0, 0.1) is 0 Å². The molecule has 1 unspecified atom stereocenters. The van der Waals surface area contributed by atoms with Crippen molar-refractivity contribution in [1.29, 1.82) is 0 Å². The SMILES string of the molecule is CCCS(=O)(=O)O.O=[PH3]. The lowest BCUT2D eigenvalue weighted by Gasteiger charge is -1.85. The van der Waals surface area contributed by atoms with Crippen LogP contribution < -0.4 is 0 Å². The fraction of sp³-hybridized carbons (Fsp3) is 1.00. The third-order valence-corrected chi connectivity index (χ3v) is 1.39. The Morgan fingerprint density at radius 3 is 1.78 bits per heavy atom. The van der Waals surface area contributed by atoms with Gasteiger partial charge in [0.05, 0.1) is 14.9 Å². The van der Waals surface area contributed by atoms with Crippen molar-refractivity contribution in [3.8, 4) is 0 Å². The number of hydrogen-bond acceptors (Lipinski definition) is 3. The van der Waals surface area contributed by atoms with Gasteiger partial charge in [-0.05, 0) is 6.42 Å². The minimum Gasteiger partial charge on any atom is -0.333 e. The van der Waals surface area contributed by atoms with Gasteiger partial charge in [-0.2, -0.15) is 8.42 Å². The second-order valence-corrected chi connectivity index (χ2v) is 2.86. The average Bonchev–Trinajstić information content (AvgIpc) is 1.69. The molecule has 6 heteroatoms. The van der Waals surface area contributed by atoms with Gasteiger partial charge in [-0.25, -0.2) is 0 Å². The lowest BCUT2D eigenvalue weighted by Crippen LogP contribution is -2.01. The van der Waals surface area contributed by atoms with Gasteiger partial charge in [-0.1, -0.05) is 6.92 Å². The summed E-state index contributed by atoms with van der Waals surface area (Å²) in [5.74, 6) is -0.132. The Morgan fingerprint density at radius 2 is 1.78 bits per heavy atom. The first-order valence-corrected chi connectivity index (χ1v) is 4.49. The Kier molecular flexibility index (Phi) is 8.27. The smallest absolute Gasteiger partial charge is 0.264 e. The molecule has 9 heavy (non-hydrogen) atoms. The highest BCUT2D eigenvalue weighted by atomic mass is 32.2. The summed E-state index contributed by atoms with van der Waals surface area (Å²) < 4.78 is 35.8. The van der Waals surface area contributed by atoms with Crippen LogP contribution in [0.15, 0.2) is 0 Å². The van der Waals surface area contributed by atoms with E-state index >= 15 is 0 Å². The maximum Gasteiger partial charge on any atom is 0.264 e. The summed E-state index contributed by atoms with van der Waals surface area (Å²) in [6.45, 7) is 1.69. The summed E-state index contributed by atoms with van der Waals surface area (Å²) in [5.41, 5.74) is 0. The van der Waals surface area contributed by atoms with Crippen LogP contribution in [-0.2, 0) is 14.7 Å². The zero-order chi connectivity index (χ0) is 7.91. The summed E-state index contributed by atoms with van der Waals surface area (Å²) in [4.78, 5) is 0. The van der Waals surface area contributed by atoms with E-state index in [4.69, 9.17) is 9.12 Å². The molecule has 0 aliphatic carbocycles. The van der Waals surface area contributed by atoms with Crippen LogP contribution in [0.25, 0.3) is 0 Å². The van der Waals surface area contributed by atoms with Crippen LogP contribution in [0.2, 0.25) is 0 Å². The molecular formula is C3H11O4PS. The van der Waals surface area contributed by atoms with E-state index in [1.807, 2.05) is 0 Å². The number of rotatable bonds is 2. The molecule has 0 aliphatic heterocycles. The lowest BCUT2D eigenvalue weighted by atomic mass is 10.6. The highest BCUT2D eigenvalue weighted by molar-refractivity contribution is 7.85. The van der Waals surface area contributed by atoms with Crippen molar-refractivity contribution < 1.29 is 17.5 Å². The molecule has 0 aromatic carbocycles. The second-order valence-electron chi connectivity index (χ2n) is 1.29. The highest BCUT2D eigenvalue weighted by Gasteiger charge is 1.98. The van der Waals surface area contributed by atoms with Crippen molar-refractivity contribution in [1.82, 2.24) is 0 Å². The molecule has 58 valence electrons. The first-order chi connectivity index (χ1) is 4.06. The van der Waals surface area contributed by atoms with E-state index in [-0.39, 0.29) is 5.75 Å². The zero-order valence-corrected chi connectivity index (χ0v) is 7.43. The van der Waals surface area contributed by atoms with Gasteiger partial charge < -0.3 is 4.57 Å². The van der Waals surface area contributed by atoms with Gasteiger partial charge in [-0.3, -0.25) is 4.55 Å². The Labute approximate surface area is 56.6 Å². The molecule has 0 heterocycles. The fourth-order valence-corrected chi connectivity index (χ4v) is 0.774. The molecule has 0 amide bonds. The normalized spacial score (nSPS) is 10.0. The van der Waals surface area contributed by atoms with E-state index in [0.29, 0.717) is 15.5 Å². The van der Waals surface area contributed by atoms with Crippen LogP contribution in [0.1, 0.15) is 13.3 Å². The van der Waals surface area contributed by atoms with Crippen LogP contribution in [0.4, 0.5) is 0 Å². The Bertz CT molecular complexity index is 140. The molecule has 0 bridgehead atoms. The molecule has 0 fully saturated rings. The maximum absolute atomic E-state index is 9.79. The fourth-order valence-electron chi connectivity index (χ4n) is 0.258. The maximum atomic E-state index is 9.79. The monoisotopic (exact) mass is 174 g/mol. The summed E-state index contributed by atoms with van der Waals surface area (Å²) in [6, 6.07) is 0. The molecule has 0 aromatic rings. The Morgan fingerprint density at radius 1 is 1.44 bits per heavy atom. The third-order valence-electron chi connectivity index (χ3n) is 0.462. The molecule has 0 aromatic heterocycles. The largest absolute Gasteiger partial charge is 0.333 e. The quantitative estimate of drug-likeness (QED) is 0.480. The van der Waals surface area contributed by atoms with Gasteiger partial charge in [-0.15, -0.1) is 0 Å². The average molecular weight is 174 g/mol. The number of hydrogen-bond donors (Lipinski definition) is 1. The molecule has 0 aliphatic rings. The summed E-state index contributed by atoms with van der Waals surface area (Å²) in [7, 11) is -3.06. The van der Waals surface area contributed by atoms with Gasteiger partial charge >= 0.3 is 0 Å². The minimum absolute atomic E-state index is 0.132.